The number of azide groups is 4. The van der Waals surface area contributed by atoms with E-state index in [9.17, 15) is 19.2 Å². The lowest BCUT2D eigenvalue weighted by Gasteiger charge is -2.33. The van der Waals surface area contributed by atoms with Crippen LogP contribution in [0.1, 0.15) is 103 Å². The quantitative estimate of drug-likeness (QED) is 0.0142. The SMILES string of the molecule is [N-]=[N+]=NCCCCCC(=O)OCCOCC(COCCOC(=O)CCCCCN=[N+]=[N-])(COCCOC(=O)CCCCCN=[N+]=[N-])COCCOC(=O)CCCCCN=[N+]=[N-]. The van der Waals surface area contributed by atoms with Crippen LogP contribution in [0.25, 0.3) is 41.8 Å². The molecule has 0 spiro atoms. The zero-order valence-corrected chi connectivity index (χ0v) is 35.4. The van der Waals surface area contributed by atoms with Gasteiger partial charge in [0, 0.05) is 71.5 Å². The van der Waals surface area contributed by atoms with Gasteiger partial charge in [0.2, 0.25) is 0 Å². The van der Waals surface area contributed by atoms with E-state index in [1.807, 2.05) is 0 Å². The Labute approximate surface area is 356 Å². The predicted molar refractivity (Wildman–Crippen MR) is 219 cm³/mol. The maximum atomic E-state index is 12.2. The van der Waals surface area contributed by atoms with Crippen LogP contribution in [0, 0.1) is 5.41 Å². The van der Waals surface area contributed by atoms with Crippen molar-refractivity contribution in [2.45, 2.75) is 103 Å². The van der Waals surface area contributed by atoms with Crippen molar-refractivity contribution in [3.8, 4) is 0 Å². The maximum Gasteiger partial charge on any atom is 0.305 e. The molecule has 24 nitrogen and oxygen atoms in total. The number of carbonyl (C=O) groups is 4. The molecule has 0 aromatic heterocycles. The van der Waals surface area contributed by atoms with Crippen LogP contribution in [-0.4, -0.2) is 129 Å². The minimum Gasteiger partial charge on any atom is -0.463 e. The topological polar surface area (TPSA) is 337 Å². The van der Waals surface area contributed by atoms with Crippen molar-refractivity contribution in [3.63, 3.8) is 0 Å². The number of unbranched alkanes of at least 4 members (excludes halogenated alkanes) is 8. The molecule has 0 amide bonds. The molecule has 344 valence electrons. The van der Waals surface area contributed by atoms with E-state index in [4.69, 9.17) is 60.0 Å². The highest BCUT2D eigenvalue weighted by atomic mass is 16.6. The van der Waals surface area contributed by atoms with Gasteiger partial charge in [-0.1, -0.05) is 46.1 Å². The highest BCUT2D eigenvalue weighted by Gasteiger charge is 2.33. The Morgan fingerprint density at radius 3 is 0.787 bits per heavy atom. The fourth-order valence-electron chi connectivity index (χ4n) is 5.24. The van der Waals surface area contributed by atoms with E-state index >= 15 is 0 Å². The van der Waals surface area contributed by atoms with Gasteiger partial charge in [0.15, 0.2) is 0 Å². The van der Waals surface area contributed by atoms with Crippen LogP contribution in [0.15, 0.2) is 20.5 Å². The van der Waals surface area contributed by atoms with Gasteiger partial charge in [0.25, 0.3) is 0 Å². The number of esters is 4. The third kappa shape index (κ3) is 38.9. The summed E-state index contributed by atoms with van der Waals surface area (Å²) in [4.78, 5) is 59.6. The lowest BCUT2D eigenvalue weighted by atomic mass is 9.92. The highest BCUT2D eigenvalue weighted by Crippen LogP contribution is 2.21. The summed E-state index contributed by atoms with van der Waals surface area (Å²) in [5, 5.41) is 13.9. The van der Waals surface area contributed by atoms with Crippen molar-refractivity contribution >= 4 is 23.9 Å². The maximum absolute atomic E-state index is 12.2. The number of hydrogen-bond donors (Lipinski definition) is 0. The van der Waals surface area contributed by atoms with Gasteiger partial charge >= 0.3 is 23.9 Å². The van der Waals surface area contributed by atoms with Crippen LogP contribution in [0.3, 0.4) is 0 Å². The zero-order valence-electron chi connectivity index (χ0n) is 35.4. The summed E-state index contributed by atoms with van der Waals surface area (Å²) in [6.45, 7) is 1.68. The first-order valence-electron chi connectivity index (χ1n) is 20.8. The number of carbonyl (C=O) groups excluding carboxylic acids is 4. The van der Waals surface area contributed by atoms with Crippen molar-refractivity contribution in [2.75, 3.05) is 105 Å². The Balaban J connectivity index is 5.36. The van der Waals surface area contributed by atoms with E-state index in [2.05, 4.69) is 40.1 Å². The first-order valence-corrected chi connectivity index (χ1v) is 20.8. The molecule has 0 aliphatic heterocycles. The van der Waals surface area contributed by atoms with Crippen molar-refractivity contribution in [1.29, 1.82) is 0 Å². The molecule has 0 aromatic rings. The van der Waals surface area contributed by atoms with Crippen molar-refractivity contribution in [2.24, 2.45) is 25.9 Å². The van der Waals surface area contributed by atoms with Crippen LogP contribution >= 0.6 is 0 Å². The second-order valence-electron chi connectivity index (χ2n) is 13.7. The molecule has 0 saturated heterocycles. The standard InChI is InChI=1S/C37H64N12O12/c38-46-42-17-9-1-5-13-33(50)58-25-21-54-29-37(30-55-22-26-59-34(51)14-6-2-10-18-43-47-39,31-56-23-27-60-35(52)15-7-3-11-19-44-48-40)32-57-24-28-61-36(53)16-8-4-12-20-45-49-41/h1-32H2. The Bertz CT molecular complexity index is 1180. The molecule has 0 fully saturated rings. The van der Waals surface area contributed by atoms with Gasteiger partial charge in [-0.05, 0) is 73.5 Å². The zero-order chi connectivity index (χ0) is 44.8. The molecule has 0 aromatic carbocycles. The molecule has 0 bridgehead atoms. The van der Waals surface area contributed by atoms with Gasteiger partial charge in [0.05, 0.1) is 58.3 Å². The molecule has 0 aliphatic rings. The van der Waals surface area contributed by atoms with Crippen LogP contribution in [0.2, 0.25) is 0 Å². The third-order valence-corrected chi connectivity index (χ3v) is 8.40. The Morgan fingerprint density at radius 1 is 0.344 bits per heavy atom. The fraction of sp³-hybridized carbons (Fsp3) is 0.892. The van der Waals surface area contributed by atoms with Gasteiger partial charge in [0.1, 0.15) is 26.4 Å². The molecule has 24 heteroatoms. The largest absolute Gasteiger partial charge is 0.463 e. The van der Waals surface area contributed by atoms with E-state index in [0.29, 0.717) is 103 Å². The minimum absolute atomic E-state index is 0.0132. The lowest BCUT2D eigenvalue weighted by Crippen LogP contribution is -2.43. The lowest BCUT2D eigenvalue weighted by molar-refractivity contribution is -0.151. The summed E-state index contributed by atoms with van der Waals surface area (Å²) < 4.78 is 45.0. The van der Waals surface area contributed by atoms with E-state index in [0.717, 1.165) is 0 Å². The molecule has 0 saturated carbocycles. The smallest absolute Gasteiger partial charge is 0.305 e. The second kappa shape index (κ2) is 43.1. The van der Waals surface area contributed by atoms with Gasteiger partial charge in [-0.2, -0.15) is 0 Å². The molecule has 61 heavy (non-hydrogen) atoms. The molecule has 0 heterocycles. The summed E-state index contributed by atoms with van der Waals surface area (Å²) in [6, 6.07) is 0. The first-order chi connectivity index (χ1) is 29.8. The summed E-state index contributed by atoms with van der Waals surface area (Å²) >= 11 is 0. The van der Waals surface area contributed by atoms with Crippen molar-refractivity contribution in [1.82, 2.24) is 0 Å². The first kappa shape index (κ1) is 56.0. The summed E-state index contributed by atoms with van der Waals surface area (Å²) in [5.74, 6) is -1.55. The van der Waals surface area contributed by atoms with Crippen LogP contribution in [0.4, 0.5) is 0 Å². The monoisotopic (exact) mass is 868 g/mol. The molecule has 0 aliphatic carbocycles. The van der Waals surface area contributed by atoms with Crippen molar-refractivity contribution < 1.29 is 57.1 Å². The number of hydrogen-bond acceptors (Lipinski definition) is 16. The molecule has 0 unspecified atom stereocenters. The molecule has 0 N–H and O–H groups in total. The van der Waals surface area contributed by atoms with Gasteiger partial charge in [-0.15, -0.1) is 0 Å². The molecule has 0 radical (unpaired) electrons. The second-order valence-corrected chi connectivity index (χ2v) is 13.7. The number of rotatable bonds is 44. The van der Waals surface area contributed by atoms with Crippen molar-refractivity contribution in [3.05, 3.63) is 41.8 Å². The summed E-state index contributed by atoms with van der Waals surface area (Å²) in [5.41, 5.74) is 32.5. The average Bonchev–Trinajstić information content (AvgIpc) is 3.25. The fourth-order valence-corrected chi connectivity index (χ4v) is 5.24. The van der Waals surface area contributed by atoms with Crippen LogP contribution in [-0.2, 0) is 57.1 Å². The highest BCUT2D eigenvalue weighted by molar-refractivity contribution is 5.70. The summed E-state index contributed by atoms with van der Waals surface area (Å²) in [6.07, 6.45) is 8.74. The third-order valence-electron chi connectivity index (χ3n) is 8.40. The van der Waals surface area contributed by atoms with E-state index < -0.39 is 5.41 Å². The van der Waals surface area contributed by atoms with Gasteiger partial charge in [-0.25, -0.2) is 0 Å². The molecular formula is C37H64N12O12. The molecule has 0 atom stereocenters. The van der Waals surface area contributed by atoms with E-state index in [1.165, 1.54) is 0 Å². The van der Waals surface area contributed by atoms with E-state index in [-0.39, 0.29) is 129 Å². The van der Waals surface area contributed by atoms with Gasteiger partial charge < -0.3 is 37.9 Å². The Morgan fingerprint density at radius 2 is 0.574 bits per heavy atom. The van der Waals surface area contributed by atoms with Crippen LogP contribution < -0.4 is 0 Å². The average molecular weight is 869 g/mol. The number of ether oxygens (including phenoxy) is 8. The van der Waals surface area contributed by atoms with E-state index in [1.54, 1.807) is 0 Å². The van der Waals surface area contributed by atoms with Crippen LogP contribution in [0.5, 0.6) is 0 Å². The Hall–Kier alpha value is -5.04. The normalized spacial score (nSPS) is 11.4. The number of nitrogens with zero attached hydrogens (tertiary/aromatic N) is 12. The summed E-state index contributed by atoms with van der Waals surface area (Å²) in [7, 11) is 0. The molecular weight excluding hydrogens is 804 g/mol. The minimum atomic E-state index is -0.961. The van der Waals surface area contributed by atoms with Gasteiger partial charge in [-0.3, -0.25) is 19.2 Å². The predicted octanol–water partition coefficient (Wildman–Crippen LogP) is 7.69. The Kier molecular flexibility index (Phi) is 39.5. The molecule has 0 rings (SSSR count).